The van der Waals surface area contributed by atoms with Gasteiger partial charge in [0.2, 0.25) is 5.91 Å². The lowest BCUT2D eigenvalue weighted by Crippen LogP contribution is -2.37. The minimum Gasteiger partial charge on any atom is -0.493 e. The van der Waals surface area contributed by atoms with E-state index in [0.29, 0.717) is 18.8 Å². The van der Waals surface area contributed by atoms with Crippen molar-refractivity contribution < 1.29 is 9.53 Å². The second-order valence-corrected chi connectivity index (χ2v) is 3.92. The summed E-state index contributed by atoms with van der Waals surface area (Å²) in [5.41, 5.74) is 4.89. The number of hydrogen-bond donors (Lipinski definition) is 1. The standard InChI is InChI=1S/C13H12N2O2/c14-9-13(12(15)16)6-7-17-11(8-13)10-4-2-1-3-5-10/h1-5,8H,6-7H2,(H2,15,16). The fraction of sp³-hybridized carbons (Fsp3) is 0.231. The number of amides is 1. The van der Waals surface area contributed by atoms with Crippen LogP contribution >= 0.6 is 0 Å². The predicted octanol–water partition coefficient (Wildman–Crippen LogP) is 1.44. The Bertz CT molecular complexity index is 502. The monoisotopic (exact) mass is 228 g/mol. The largest absolute Gasteiger partial charge is 0.493 e. The van der Waals surface area contributed by atoms with Gasteiger partial charge in [-0.25, -0.2) is 0 Å². The summed E-state index contributed by atoms with van der Waals surface area (Å²) in [7, 11) is 0. The maximum absolute atomic E-state index is 11.4. The van der Waals surface area contributed by atoms with Crippen molar-refractivity contribution in [2.75, 3.05) is 6.61 Å². The zero-order valence-corrected chi connectivity index (χ0v) is 9.22. The number of benzene rings is 1. The molecule has 4 heteroatoms. The van der Waals surface area contributed by atoms with Gasteiger partial charge in [-0.2, -0.15) is 5.26 Å². The Kier molecular flexibility index (Phi) is 2.84. The number of hydrogen-bond acceptors (Lipinski definition) is 3. The van der Waals surface area contributed by atoms with Gasteiger partial charge >= 0.3 is 0 Å². The Morgan fingerprint density at radius 2 is 2.12 bits per heavy atom. The van der Waals surface area contributed by atoms with E-state index in [2.05, 4.69) is 0 Å². The van der Waals surface area contributed by atoms with E-state index in [-0.39, 0.29) is 0 Å². The lowest BCUT2D eigenvalue weighted by Gasteiger charge is -2.26. The molecule has 1 aromatic carbocycles. The summed E-state index contributed by atoms with van der Waals surface area (Å²) in [6, 6.07) is 11.3. The molecule has 0 aliphatic carbocycles. The van der Waals surface area contributed by atoms with Crippen LogP contribution in [0.1, 0.15) is 12.0 Å². The first-order valence-corrected chi connectivity index (χ1v) is 5.30. The second-order valence-electron chi connectivity index (χ2n) is 3.92. The van der Waals surface area contributed by atoms with Gasteiger partial charge in [-0.05, 0) is 6.08 Å². The molecule has 4 nitrogen and oxygen atoms in total. The molecule has 0 aromatic heterocycles. The molecule has 1 aromatic rings. The first-order chi connectivity index (χ1) is 8.18. The number of nitrogens with two attached hydrogens (primary N) is 1. The van der Waals surface area contributed by atoms with Crippen LogP contribution in [0.15, 0.2) is 36.4 Å². The maximum atomic E-state index is 11.4. The molecule has 1 amide bonds. The Morgan fingerprint density at radius 3 is 2.71 bits per heavy atom. The van der Waals surface area contributed by atoms with Gasteiger partial charge in [0, 0.05) is 12.0 Å². The van der Waals surface area contributed by atoms with Crippen molar-refractivity contribution in [3.05, 3.63) is 42.0 Å². The van der Waals surface area contributed by atoms with Crippen LogP contribution in [0, 0.1) is 16.7 Å². The van der Waals surface area contributed by atoms with Crippen molar-refractivity contribution in [2.24, 2.45) is 11.1 Å². The summed E-state index contributed by atoms with van der Waals surface area (Å²) in [4.78, 5) is 11.4. The Balaban J connectivity index is 2.44. The van der Waals surface area contributed by atoms with Crippen LogP contribution in [0.25, 0.3) is 5.76 Å². The maximum Gasteiger partial charge on any atom is 0.242 e. The first kappa shape index (κ1) is 11.2. The summed E-state index contributed by atoms with van der Waals surface area (Å²) in [6.07, 6.45) is 1.82. The fourth-order valence-corrected chi connectivity index (χ4v) is 1.77. The van der Waals surface area contributed by atoms with Gasteiger partial charge < -0.3 is 10.5 Å². The highest BCUT2D eigenvalue weighted by atomic mass is 16.5. The SMILES string of the molecule is N#CC1(C(N)=O)C=C(c2ccccc2)OCC1. The van der Waals surface area contributed by atoms with Gasteiger partial charge in [-0.15, -0.1) is 0 Å². The quantitative estimate of drug-likeness (QED) is 0.832. The average Bonchev–Trinajstić information content (AvgIpc) is 2.39. The predicted molar refractivity (Wildman–Crippen MR) is 62.2 cm³/mol. The van der Waals surface area contributed by atoms with E-state index in [0.717, 1.165) is 5.56 Å². The Hall–Kier alpha value is -2.28. The van der Waals surface area contributed by atoms with E-state index >= 15 is 0 Å². The smallest absolute Gasteiger partial charge is 0.242 e. The van der Waals surface area contributed by atoms with Crippen LogP contribution in [0.4, 0.5) is 0 Å². The summed E-state index contributed by atoms with van der Waals surface area (Å²) in [5.74, 6) is -0.0890. The second kappa shape index (κ2) is 4.30. The van der Waals surface area contributed by atoms with Crippen molar-refractivity contribution in [1.29, 1.82) is 5.26 Å². The molecule has 1 aliphatic rings. The highest BCUT2D eigenvalue weighted by molar-refractivity contribution is 5.88. The molecule has 0 fully saturated rings. The molecule has 86 valence electrons. The molecule has 0 radical (unpaired) electrons. The number of nitrogens with zero attached hydrogens (tertiary/aromatic N) is 1. The van der Waals surface area contributed by atoms with Crippen LogP contribution in [-0.2, 0) is 9.53 Å². The van der Waals surface area contributed by atoms with E-state index < -0.39 is 11.3 Å². The molecule has 1 unspecified atom stereocenters. The van der Waals surface area contributed by atoms with Gasteiger partial charge in [-0.3, -0.25) is 4.79 Å². The molecule has 17 heavy (non-hydrogen) atoms. The van der Waals surface area contributed by atoms with Crippen LogP contribution in [0.3, 0.4) is 0 Å². The van der Waals surface area contributed by atoms with Crippen molar-refractivity contribution >= 4 is 11.7 Å². The molecular formula is C13H12N2O2. The summed E-state index contributed by atoms with van der Waals surface area (Å²) in [6.45, 7) is 0.317. The van der Waals surface area contributed by atoms with Gasteiger partial charge in [0.15, 0.2) is 5.41 Å². The third-order valence-electron chi connectivity index (χ3n) is 2.83. The third kappa shape index (κ3) is 2.00. The van der Waals surface area contributed by atoms with Crippen molar-refractivity contribution in [3.8, 4) is 6.07 Å². The average molecular weight is 228 g/mol. The summed E-state index contributed by atoms with van der Waals surface area (Å²) >= 11 is 0. The first-order valence-electron chi connectivity index (χ1n) is 5.30. The molecule has 2 N–H and O–H groups in total. The van der Waals surface area contributed by atoms with Crippen LogP contribution < -0.4 is 5.73 Å². The van der Waals surface area contributed by atoms with Crippen LogP contribution in [0.2, 0.25) is 0 Å². The topological polar surface area (TPSA) is 76.1 Å². The van der Waals surface area contributed by atoms with E-state index in [4.69, 9.17) is 15.7 Å². The summed E-state index contributed by atoms with van der Waals surface area (Å²) in [5, 5.41) is 9.13. The normalized spacial score (nSPS) is 23.1. The third-order valence-corrected chi connectivity index (χ3v) is 2.83. The zero-order chi connectivity index (χ0) is 12.3. The minimum absolute atomic E-state index is 0.301. The number of nitriles is 1. The van der Waals surface area contributed by atoms with Crippen LogP contribution in [0.5, 0.6) is 0 Å². The van der Waals surface area contributed by atoms with Gasteiger partial charge in [0.05, 0.1) is 12.7 Å². The fourth-order valence-electron chi connectivity index (χ4n) is 1.77. The number of carbonyl (C=O) groups is 1. The van der Waals surface area contributed by atoms with E-state index in [1.165, 1.54) is 6.08 Å². The van der Waals surface area contributed by atoms with Gasteiger partial charge in [0.25, 0.3) is 0 Å². The molecular weight excluding hydrogens is 216 g/mol. The minimum atomic E-state index is -1.25. The molecule has 0 saturated carbocycles. The highest BCUT2D eigenvalue weighted by Gasteiger charge is 2.38. The van der Waals surface area contributed by atoms with Crippen LogP contribution in [-0.4, -0.2) is 12.5 Å². The lowest BCUT2D eigenvalue weighted by molar-refractivity contribution is -0.123. The molecule has 1 heterocycles. The van der Waals surface area contributed by atoms with E-state index in [1.807, 2.05) is 36.4 Å². The Labute approximate surface area is 99.3 Å². The molecule has 1 atom stereocenters. The molecule has 0 saturated heterocycles. The molecule has 1 aliphatic heterocycles. The Morgan fingerprint density at radius 1 is 1.41 bits per heavy atom. The highest BCUT2D eigenvalue weighted by Crippen LogP contribution is 2.33. The number of ether oxygens (including phenoxy) is 1. The van der Waals surface area contributed by atoms with Crippen molar-refractivity contribution in [2.45, 2.75) is 6.42 Å². The van der Waals surface area contributed by atoms with Crippen molar-refractivity contribution in [1.82, 2.24) is 0 Å². The van der Waals surface area contributed by atoms with Crippen molar-refractivity contribution in [3.63, 3.8) is 0 Å². The molecule has 2 rings (SSSR count). The number of carbonyl (C=O) groups excluding carboxylic acids is 1. The van der Waals surface area contributed by atoms with Gasteiger partial charge in [0.1, 0.15) is 5.76 Å². The zero-order valence-electron chi connectivity index (χ0n) is 9.22. The lowest BCUT2D eigenvalue weighted by atomic mass is 9.83. The van der Waals surface area contributed by atoms with Gasteiger partial charge in [-0.1, -0.05) is 30.3 Å². The summed E-state index contributed by atoms with van der Waals surface area (Å²) < 4.78 is 5.47. The number of rotatable bonds is 2. The molecule has 0 spiro atoms. The molecule has 0 bridgehead atoms. The van der Waals surface area contributed by atoms with E-state index in [9.17, 15) is 4.79 Å². The van der Waals surface area contributed by atoms with E-state index in [1.54, 1.807) is 0 Å². The number of primary amides is 1.